The number of aromatic nitrogens is 1. The van der Waals surface area contributed by atoms with E-state index in [1.807, 2.05) is 0 Å². The van der Waals surface area contributed by atoms with Crippen LogP contribution in [0.2, 0.25) is 0 Å². The molecule has 3 aliphatic rings. The van der Waals surface area contributed by atoms with Gasteiger partial charge in [0.15, 0.2) is 0 Å². The summed E-state index contributed by atoms with van der Waals surface area (Å²) in [6.45, 7) is 13.1. The summed E-state index contributed by atoms with van der Waals surface area (Å²) >= 11 is 0.627. The zero-order valence-corrected chi connectivity index (χ0v) is 42.5. The lowest BCUT2D eigenvalue weighted by Gasteiger charge is -2.45. The fourth-order valence-corrected chi connectivity index (χ4v) is 11.5. The van der Waals surface area contributed by atoms with Gasteiger partial charge in [-0.25, -0.2) is 0 Å². The number of furan rings is 1. The second-order valence-electron chi connectivity index (χ2n) is 21.8. The molecule has 9 aromatic carbocycles. The van der Waals surface area contributed by atoms with Crippen molar-refractivity contribution >= 4 is 139 Å². The Balaban J connectivity index is 1.32. The van der Waals surface area contributed by atoms with Crippen LogP contribution in [0.3, 0.4) is 0 Å². The maximum absolute atomic E-state index is 11.4. The molecule has 364 valence electrons. The fourth-order valence-electron chi connectivity index (χ4n) is 10.5. The third-order valence-electron chi connectivity index (χ3n) is 14.0. The third-order valence-corrected chi connectivity index (χ3v) is 15.0. The van der Waals surface area contributed by atoms with Gasteiger partial charge in [-0.2, -0.15) is 0 Å². The molecule has 3 aromatic heterocycles. The van der Waals surface area contributed by atoms with Crippen molar-refractivity contribution in [1.82, 2.24) is 4.57 Å². The molecule has 15 rings (SSSR count). The lowest BCUT2D eigenvalue weighted by Crippen LogP contribution is -2.61. The normalized spacial score (nSPS) is 19.5. The summed E-state index contributed by atoms with van der Waals surface area (Å²) in [5, 5.41) is -1.46. The van der Waals surface area contributed by atoms with Gasteiger partial charge < -0.3 is 23.7 Å². The summed E-state index contributed by atoms with van der Waals surface area (Å²) < 4.78 is 303. The van der Waals surface area contributed by atoms with Crippen LogP contribution in [-0.4, -0.2) is 11.3 Å². The molecule has 7 heteroatoms. The highest BCUT2D eigenvalue weighted by Crippen LogP contribution is 2.57. The Morgan fingerprint density at radius 1 is 0.467 bits per heavy atom. The van der Waals surface area contributed by atoms with Crippen molar-refractivity contribution in [3.8, 4) is 5.69 Å². The molecule has 0 fully saturated rings. The lowest BCUT2D eigenvalue weighted by atomic mass is 9.35. The minimum atomic E-state index is -2.00. The van der Waals surface area contributed by atoms with Gasteiger partial charge in [0.05, 0.1) is 91.9 Å². The van der Waals surface area contributed by atoms with Crippen LogP contribution in [0.5, 0.6) is 0 Å². The van der Waals surface area contributed by atoms with Crippen LogP contribution in [-0.2, 0) is 16.2 Å². The highest BCUT2D eigenvalue weighted by molar-refractivity contribution is 7.26. The van der Waals surface area contributed by atoms with Crippen LogP contribution in [0.1, 0.15) is 120 Å². The Morgan fingerprint density at radius 3 is 1.75 bits per heavy atom. The minimum Gasteiger partial charge on any atom is -0.468 e. The minimum absolute atomic E-state index is 0.0429. The molecule has 6 heterocycles. The highest BCUT2D eigenvalue weighted by atomic mass is 32.1. The topological polar surface area (TPSA) is 27.8 Å². The molecule has 0 spiro atoms. The summed E-state index contributed by atoms with van der Waals surface area (Å²) in [5.41, 5.74) is -13.0. The zero-order chi connectivity index (χ0) is 77.1. The van der Waals surface area contributed by atoms with Gasteiger partial charge in [0, 0.05) is 59.1 Å². The van der Waals surface area contributed by atoms with Gasteiger partial charge in [-0.1, -0.05) is 147 Å². The summed E-state index contributed by atoms with van der Waals surface area (Å²) in [6, 6.07) is -25.1. The lowest BCUT2D eigenvalue weighted by molar-refractivity contribution is 0.590. The van der Waals surface area contributed by atoms with Gasteiger partial charge in [0.1, 0.15) is 5.58 Å². The first-order valence-corrected chi connectivity index (χ1v) is 24.9. The SMILES string of the molecule is [2H]c1c([2H])c([2H])c(N(c2c([2H])c([2H])c([2H])c([2H])c2[2H])c2c([2H])c3c4c(c2[2H])N2c5c(c([2H])c([2H])c([2H])c5-n5c6c([2H])c([2H])c(C(C)(C)C)c([2H])c6c6c([2H])c(C(C)(C)C)c([2H])c2c65)B4c2oc4c([2H])c([2H])c(C(C)(C)C)c([2H])c4c2N3c2c([2H])c([2H])c([2H])c3sc4c([2H])c([2H])c([2H])c([2H])c4c23)c([2H])c1[2H]. The Kier molecular flexibility index (Phi) is 4.83. The largest absolute Gasteiger partial charge is 0.468 e. The fraction of sp³-hybridized carbons (Fsp3) is 0.176. The van der Waals surface area contributed by atoms with E-state index in [4.69, 9.17) is 9.90 Å². The van der Waals surface area contributed by atoms with Gasteiger partial charge in [0.25, 0.3) is 6.71 Å². The molecule has 12 aromatic rings. The van der Waals surface area contributed by atoms with Gasteiger partial charge in [-0.15, -0.1) is 11.3 Å². The Morgan fingerprint density at radius 2 is 1.05 bits per heavy atom. The van der Waals surface area contributed by atoms with Crippen LogP contribution < -0.4 is 31.3 Å². The van der Waals surface area contributed by atoms with E-state index in [-0.39, 0.29) is 76.4 Å². The van der Waals surface area contributed by atoms with E-state index in [1.54, 1.807) is 62.3 Å². The first-order valence-electron chi connectivity index (χ1n) is 39.1. The quantitative estimate of drug-likeness (QED) is 0.164. The van der Waals surface area contributed by atoms with E-state index >= 15 is 0 Å². The molecule has 0 atom stereocenters. The van der Waals surface area contributed by atoms with Crippen molar-refractivity contribution in [1.29, 1.82) is 0 Å². The van der Waals surface area contributed by atoms with Gasteiger partial charge in [0.2, 0.25) is 0 Å². The van der Waals surface area contributed by atoms with Gasteiger partial charge >= 0.3 is 0 Å². The molecule has 0 amide bonds. The maximum atomic E-state index is 11.4. The smallest absolute Gasteiger partial charge is 0.297 e. The molecule has 0 N–H and O–H groups in total. The molecule has 0 bridgehead atoms. The molecule has 0 saturated carbocycles. The summed E-state index contributed by atoms with van der Waals surface area (Å²) in [5.74, 6) is 0. The van der Waals surface area contributed by atoms with Crippen LogP contribution in [0.15, 0.2) is 186 Å². The van der Waals surface area contributed by atoms with Crippen molar-refractivity contribution < 1.29 is 45.5 Å². The molecule has 0 aliphatic carbocycles. The van der Waals surface area contributed by atoms with Gasteiger partial charge in [-0.05, 0) is 141 Å². The van der Waals surface area contributed by atoms with E-state index in [0.29, 0.717) is 16.2 Å². The van der Waals surface area contributed by atoms with Crippen molar-refractivity contribution in [3.05, 3.63) is 198 Å². The average molecular weight is 1020 g/mol. The van der Waals surface area contributed by atoms with E-state index in [2.05, 4.69) is 0 Å². The first-order chi connectivity index (χ1) is 48.7. The van der Waals surface area contributed by atoms with Crippen molar-refractivity contribution in [2.24, 2.45) is 0 Å². The standard InChI is InChI=1S/C68H57BN4OS/c1-66(2,3)40-30-32-51-47(34-40)48-36-42(68(7,8)9)37-56-62(48)71(51)53-27-18-25-50-64(53)73(56)55-39-45(70(43-20-12-10-13-21-43)44-22-14-11-15-23-44)38-54-61(55)69(50)65-63(49-35-41(67(4,5)6)31-33-57(49)74-65)72(54)52-26-19-29-59-60(52)46-24-16-17-28-58(46)75-59/h10-39H,1-9H3/i10D,11D,12D,13D,14D,15D,16D,17D,18D,19D,20D,21D,22D,23D,24D,25D,26D,27D,28D,29D,30D,31D,32D,33D,34D,35D,36D,37D,38D,39D. The molecular formula is C68H57BN4OS. The van der Waals surface area contributed by atoms with Crippen LogP contribution in [0, 0.1) is 0 Å². The predicted molar refractivity (Wildman–Crippen MR) is 322 cm³/mol. The van der Waals surface area contributed by atoms with E-state index in [9.17, 15) is 35.6 Å². The number of hydrogen-bond acceptors (Lipinski definition) is 5. The number of para-hydroxylation sites is 3. The second kappa shape index (κ2) is 15.3. The summed E-state index contributed by atoms with van der Waals surface area (Å²) in [6.07, 6.45) is 0. The summed E-state index contributed by atoms with van der Waals surface area (Å²) in [4.78, 5) is 2.76. The van der Waals surface area contributed by atoms with Crippen molar-refractivity contribution in [2.45, 2.75) is 78.6 Å². The van der Waals surface area contributed by atoms with Crippen LogP contribution >= 0.6 is 11.3 Å². The second-order valence-corrected chi connectivity index (χ2v) is 22.9. The van der Waals surface area contributed by atoms with E-state index < -0.39 is 271 Å². The highest BCUT2D eigenvalue weighted by Gasteiger charge is 2.50. The molecule has 0 saturated heterocycles. The van der Waals surface area contributed by atoms with E-state index in [1.165, 1.54) is 9.47 Å². The molecule has 5 nitrogen and oxygen atoms in total. The Bertz CT molecular complexity index is 6090. The zero-order valence-electron chi connectivity index (χ0n) is 71.7. The van der Waals surface area contributed by atoms with Crippen LogP contribution in [0.4, 0.5) is 51.2 Å². The third kappa shape index (κ3) is 6.31. The Labute approximate surface area is 485 Å². The maximum Gasteiger partial charge on any atom is 0.297 e. The molecule has 0 radical (unpaired) electrons. The number of fused-ring (bicyclic) bond motifs is 14. The number of rotatable bonds is 4. The van der Waals surface area contributed by atoms with Crippen LogP contribution in [0.25, 0.3) is 58.6 Å². The molecular weight excluding hydrogens is 932 g/mol. The number of thiophene rings is 1. The number of anilines is 9. The molecule has 75 heavy (non-hydrogen) atoms. The number of benzene rings is 9. The van der Waals surface area contributed by atoms with Crippen molar-refractivity contribution in [2.75, 3.05) is 14.7 Å². The number of nitrogens with zero attached hydrogens (tertiary/aromatic N) is 4. The summed E-state index contributed by atoms with van der Waals surface area (Å²) in [7, 11) is 0. The molecule has 0 unspecified atom stereocenters. The predicted octanol–water partition coefficient (Wildman–Crippen LogP) is 17.7. The monoisotopic (exact) mass is 1020 g/mol. The number of hydrogen-bond donors (Lipinski definition) is 0. The Hall–Kier alpha value is -8.00. The average Bonchev–Trinajstić information content (AvgIpc) is 1.57. The first kappa shape index (κ1) is 23.7. The van der Waals surface area contributed by atoms with Gasteiger partial charge in [-0.3, -0.25) is 0 Å². The molecule has 3 aliphatic heterocycles. The van der Waals surface area contributed by atoms with E-state index in [0.717, 1.165) is 4.90 Å². The van der Waals surface area contributed by atoms with Crippen molar-refractivity contribution in [3.63, 3.8) is 0 Å².